The van der Waals surface area contributed by atoms with Gasteiger partial charge in [0, 0.05) is 27.5 Å². The fourth-order valence-corrected chi connectivity index (χ4v) is 2.72. The molecule has 10 nitrogen and oxygen atoms in total. The molecule has 0 aliphatic rings. The number of carbonyl (C=O) groups excluding carboxylic acids is 2. The number of rotatable bonds is 11. The topological polar surface area (TPSA) is 124 Å². The third-order valence-electron chi connectivity index (χ3n) is 2.61. The predicted octanol–water partition coefficient (Wildman–Crippen LogP) is 1.05. The molecule has 4 atom stereocenters. The second-order valence-corrected chi connectivity index (χ2v) is 8.82. The molecule has 0 aromatic carbocycles. The van der Waals surface area contributed by atoms with Crippen molar-refractivity contribution in [2.24, 2.45) is 0 Å². The van der Waals surface area contributed by atoms with Crippen LogP contribution in [0.3, 0.4) is 0 Å². The Morgan fingerprint density at radius 3 is 1.38 bits per heavy atom. The summed E-state index contributed by atoms with van der Waals surface area (Å²) in [6.45, 7) is 1.11. The van der Waals surface area contributed by atoms with Crippen LogP contribution in [0.1, 0.15) is 0 Å². The van der Waals surface area contributed by atoms with E-state index in [1.165, 1.54) is 0 Å². The molecule has 0 rings (SSSR count). The molecule has 0 aromatic rings. The number of hydrogen-bond acceptors (Lipinski definition) is 10. The van der Waals surface area contributed by atoms with Crippen molar-refractivity contribution >= 4 is 27.1 Å². The minimum Gasteiger partial charge on any atom is -0.450 e. The average molecular weight is 410 g/mol. The molecule has 0 saturated heterocycles. The molecule has 0 bridgehead atoms. The fourth-order valence-electron chi connectivity index (χ4n) is 1.33. The first kappa shape index (κ1) is 24.4. The smallest absolute Gasteiger partial charge is 0.340 e. The van der Waals surface area contributed by atoms with Gasteiger partial charge in [-0.05, 0) is 0 Å². The molecule has 0 fully saturated rings. The summed E-state index contributed by atoms with van der Waals surface area (Å²) in [5, 5.41) is 0. The van der Waals surface area contributed by atoms with E-state index in [-0.39, 0.29) is 0 Å². The molecule has 0 spiro atoms. The van der Waals surface area contributed by atoms with Crippen LogP contribution in [0.15, 0.2) is 0 Å². The minimum atomic E-state index is -3.82. The highest BCUT2D eigenvalue weighted by Gasteiger charge is 2.45. The van der Waals surface area contributed by atoms with Crippen LogP contribution < -0.4 is 0 Å². The molecule has 0 radical (unpaired) electrons. The van der Waals surface area contributed by atoms with Gasteiger partial charge in [0.05, 0.1) is 0 Å². The highest BCUT2D eigenvalue weighted by atomic mass is 31.2. The van der Waals surface area contributed by atoms with Gasteiger partial charge >= 0.3 is 27.1 Å². The quantitative estimate of drug-likeness (QED) is 0.277. The lowest BCUT2D eigenvalue weighted by Crippen LogP contribution is -2.44. The standard InChI is InChI=1S/C14H20O10P2/c1-7-9-21-13(15)11(23-25(5,17)19-3)12(14(16)22-10-8-2)24-26(6,18)20-4/h1-2,11-12H,9-10H2,3-6H3. The molecular formula is C14H20O10P2. The van der Waals surface area contributed by atoms with Crippen molar-refractivity contribution in [2.75, 3.05) is 40.8 Å². The van der Waals surface area contributed by atoms with Gasteiger partial charge in [0.1, 0.15) is 0 Å². The van der Waals surface area contributed by atoms with Gasteiger partial charge in [-0.2, -0.15) is 0 Å². The molecule has 0 aliphatic heterocycles. The van der Waals surface area contributed by atoms with Crippen molar-refractivity contribution in [1.82, 2.24) is 0 Å². The number of terminal acetylenes is 2. The summed E-state index contributed by atoms with van der Waals surface area (Å²) < 4.78 is 53.0. The molecule has 0 N–H and O–H groups in total. The maximum atomic E-state index is 12.2. The SMILES string of the molecule is C#CCOC(=O)C(OP(C)(=O)OC)C(OP(C)(=O)OC)C(=O)OCC#C. The molecule has 0 amide bonds. The number of hydrogen-bond donors (Lipinski definition) is 0. The maximum absolute atomic E-state index is 12.2. The molecule has 26 heavy (non-hydrogen) atoms. The van der Waals surface area contributed by atoms with E-state index in [9.17, 15) is 18.7 Å². The second-order valence-electron chi connectivity index (χ2n) is 4.58. The first-order valence-electron chi connectivity index (χ1n) is 6.87. The van der Waals surface area contributed by atoms with Crippen LogP contribution in [0.25, 0.3) is 0 Å². The Hall–Kier alpha value is -1.64. The van der Waals surface area contributed by atoms with E-state index < -0.39 is 52.6 Å². The lowest BCUT2D eigenvalue weighted by molar-refractivity contribution is -0.168. The lowest BCUT2D eigenvalue weighted by Gasteiger charge is -2.27. The Kier molecular flexibility index (Phi) is 10.4. The van der Waals surface area contributed by atoms with Crippen molar-refractivity contribution in [1.29, 1.82) is 0 Å². The van der Waals surface area contributed by atoms with E-state index in [4.69, 9.17) is 31.4 Å². The molecular weight excluding hydrogens is 390 g/mol. The Morgan fingerprint density at radius 1 is 0.846 bits per heavy atom. The molecule has 0 saturated carbocycles. The van der Waals surface area contributed by atoms with E-state index in [2.05, 4.69) is 9.05 Å². The first-order chi connectivity index (χ1) is 12.0. The van der Waals surface area contributed by atoms with Crippen LogP contribution in [-0.2, 0) is 46.3 Å². The zero-order valence-electron chi connectivity index (χ0n) is 14.7. The first-order valence-corrected chi connectivity index (χ1v) is 10.8. The summed E-state index contributed by atoms with van der Waals surface area (Å²) in [5.74, 6) is 1.62. The Balaban J connectivity index is 5.87. The van der Waals surface area contributed by atoms with E-state index in [0.29, 0.717) is 0 Å². The van der Waals surface area contributed by atoms with Crippen molar-refractivity contribution in [3.63, 3.8) is 0 Å². The minimum absolute atomic E-state index is 0.472. The van der Waals surface area contributed by atoms with E-state index in [1.54, 1.807) is 0 Å². The van der Waals surface area contributed by atoms with E-state index in [0.717, 1.165) is 27.5 Å². The van der Waals surface area contributed by atoms with Gasteiger partial charge in [-0.25, -0.2) is 9.59 Å². The molecule has 146 valence electrons. The zero-order chi connectivity index (χ0) is 20.4. The van der Waals surface area contributed by atoms with Crippen molar-refractivity contribution in [2.45, 2.75) is 12.2 Å². The largest absolute Gasteiger partial charge is 0.450 e. The monoisotopic (exact) mass is 410 g/mol. The summed E-state index contributed by atoms with van der Waals surface area (Å²) in [7, 11) is -5.53. The van der Waals surface area contributed by atoms with Gasteiger partial charge in [0.25, 0.3) is 0 Å². The van der Waals surface area contributed by atoms with Crippen LogP contribution in [-0.4, -0.2) is 64.9 Å². The Labute approximate surface area is 151 Å². The van der Waals surface area contributed by atoms with Gasteiger partial charge in [0.2, 0.25) is 12.2 Å². The normalized spacial score (nSPS) is 17.5. The molecule has 12 heteroatoms. The highest BCUT2D eigenvalue weighted by Crippen LogP contribution is 2.48. The summed E-state index contributed by atoms with van der Waals surface area (Å²) in [4.78, 5) is 24.4. The molecule has 0 aromatic heterocycles. The number of ether oxygens (including phenoxy) is 2. The fraction of sp³-hybridized carbons (Fsp3) is 0.571. The van der Waals surface area contributed by atoms with Crippen LogP contribution >= 0.6 is 15.2 Å². The summed E-state index contributed by atoms with van der Waals surface area (Å²) >= 11 is 0. The van der Waals surface area contributed by atoms with Crippen LogP contribution in [0.5, 0.6) is 0 Å². The Bertz CT molecular complexity index is 616. The molecule has 0 heterocycles. The highest BCUT2D eigenvalue weighted by molar-refractivity contribution is 7.53. The third kappa shape index (κ3) is 8.64. The van der Waals surface area contributed by atoms with Crippen molar-refractivity contribution in [3.8, 4) is 24.7 Å². The van der Waals surface area contributed by atoms with Crippen molar-refractivity contribution < 1.29 is 46.3 Å². The van der Waals surface area contributed by atoms with Crippen LogP contribution in [0, 0.1) is 24.7 Å². The van der Waals surface area contributed by atoms with Crippen LogP contribution in [0.4, 0.5) is 0 Å². The number of esters is 2. The summed E-state index contributed by atoms with van der Waals surface area (Å²) in [6.07, 6.45) is 6.04. The second kappa shape index (κ2) is 11.2. The van der Waals surface area contributed by atoms with Crippen molar-refractivity contribution in [3.05, 3.63) is 0 Å². The lowest BCUT2D eigenvalue weighted by atomic mass is 10.2. The van der Waals surface area contributed by atoms with E-state index >= 15 is 0 Å². The van der Waals surface area contributed by atoms with Gasteiger partial charge in [-0.3, -0.25) is 18.2 Å². The third-order valence-corrected chi connectivity index (χ3v) is 5.16. The van der Waals surface area contributed by atoms with Gasteiger partial charge in [-0.1, -0.05) is 11.8 Å². The van der Waals surface area contributed by atoms with Crippen LogP contribution in [0.2, 0.25) is 0 Å². The summed E-state index contributed by atoms with van der Waals surface area (Å²) in [6, 6.07) is 0. The van der Waals surface area contributed by atoms with Gasteiger partial charge in [-0.15, -0.1) is 12.8 Å². The zero-order valence-corrected chi connectivity index (χ0v) is 16.5. The predicted molar refractivity (Wildman–Crippen MR) is 90.4 cm³/mol. The average Bonchev–Trinajstić information content (AvgIpc) is 2.60. The van der Waals surface area contributed by atoms with Gasteiger partial charge in [0.15, 0.2) is 13.2 Å². The molecule has 0 aliphatic carbocycles. The van der Waals surface area contributed by atoms with Gasteiger partial charge < -0.3 is 18.5 Å². The Morgan fingerprint density at radius 2 is 1.15 bits per heavy atom. The molecule has 4 unspecified atom stereocenters. The van der Waals surface area contributed by atoms with E-state index in [1.807, 2.05) is 11.8 Å². The number of carbonyl (C=O) groups is 2. The maximum Gasteiger partial charge on any atom is 0.340 e. The summed E-state index contributed by atoms with van der Waals surface area (Å²) in [5.41, 5.74) is 0.